The molecule has 0 saturated heterocycles. The number of aromatic hydroxyl groups is 1. The summed E-state index contributed by atoms with van der Waals surface area (Å²) in [5.74, 6) is -1.13. The SMILES string of the molecule is CCOP(=O)(OCC)C(OC)/C(C)=C/Cc1c(O)c2c(c(C)c1OC)COC2=O. The van der Waals surface area contributed by atoms with Crippen LogP contribution in [0.5, 0.6) is 11.5 Å². The molecule has 1 atom stereocenters. The smallest absolute Gasteiger partial charge is 0.363 e. The number of hydrogen-bond acceptors (Lipinski definition) is 8. The molecule has 1 aromatic rings. The van der Waals surface area contributed by atoms with Crippen LogP contribution in [0.1, 0.15) is 47.8 Å². The lowest BCUT2D eigenvalue weighted by atomic mass is 9.95. The van der Waals surface area contributed by atoms with Gasteiger partial charge in [-0.05, 0) is 45.3 Å². The number of benzene rings is 1. The number of allylic oxidation sites excluding steroid dienone is 1. The van der Waals surface area contributed by atoms with E-state index in [4.69, 9.17) is 23.3 Å². The molecule has 1 aliphatic heterocycles. The van der Waals surface area contributed by atoms with Crippen molar-refractivity contribution in [1.82, 2.24) is 0 Å². The van der Waals surface area contributed by atoms with Gasteiger partial charge in [-0.1, -0.05) is 6.08 Å². The van der Waals surface area contributed by atoms with Crippen LogP contribution in [0, 0.1) is 6.92 Å². The highest BCUT2D eigenvalue weighted by molar-refractivity contribution is 7.54. The van der Waals surface area contributed by atoms with Gasteiger partial charge in [-0.25, -0.2) is 4.79 Å². The van der Waals surface area contributed by atoms with Crippen LogP contribution in [0.4, 0.5) is 0 Å². The molecule has 0 saturated carbocycles. The zero-order valence-electron chi connectivity index (χ0n) is 17.7. The maximum atomic E-state index is 13.1. The summed E-state index contributed by atoms with van der Waals surface area (Å²) in [6.07, 6.45) is 1.98. The molecule has 1 unspecified atom stereocenters. The number of phenols is 1. The summed E-state index contributed by atoms with van der Waals surface area (Å²) in [4.78, 5) is 12.0. The van der Waals surface area contributed by atoms with Gasteiger partial charge in [-0.2, -0.15) is 0 Å². The lowest BCUT2D eigenvalue weighted by Crippen LogP contribution is -2.17. The molecule has 1 N–H and O–H groups in total. The number of phenolic OH excluding ortho intramolecular Hbond substituents is 1. The van der Waals surface area contributed by atoms with E-state index in [9.17, 15) is 14.5 Å². The fourth-order valence-corrected chi connectivity index (χ4v) is 5.42. The first-order valence-electron chi connectivity index (χ1n) is 9.42. The van der Waals surface area contributed by atoms with Crippen molar-refractivity contribution in [2.45, 2.75) is 46.6 Å². The Hall–Kier alpha value is -1.86. The van der Waals surface area contributed by atoms with Crippen LogP contribution in [0.25, 0.3) is 0 Å². The van der Waals surface area contributed by atoms with Crippen LogP contribution in [-0.2, 0) is 36.1 Å². The van der Waals surface area contributed by atoms with Crippen LogP contribution in [0.15, 0.2) is 11.6 Å². The quantitative estimate of drug-likeness (QED) is 0.338. The van der Waals surface area contributed by atoms with Crippen LogP contribution < -0.4 is 4.74 Å². The number of rotatable bonds is 10. The minimum Gasteiger partial charge on any atom is -0.507 e. The zero-order chi connectivity index (χ0) is 21.8. The van der Waals surface area contributed by atoms with Gasteiger partial charge < -0.3 is 28.4 Å². The van der Waals surface area contributed by atoms with E-state index in [-0.39, 0.29) is 37.6 Å². The highest BCUT2D eigenvalue weighted by Gasteiger charge is 2.37. The fraction of sp³-hybridized carbons (Fsp3) is 0.550. The lowest BCUT2D eigenvalue weighted by molar-refractivity contribution is 0.0533. The molecule has 0 amide bonds. The molecule has 0 fully saturated rings. The Morgan fingerprint density at radius 3 is 2.41 bits per heavy atom. The van der Waals surface area contributed by atoms with E-state index in [1.807, 2.05) is 6.92 Å². The highest BCUT2D eigenvalue weighted by Crippen LogP contribution is 2.55. The summed E-state index contributed by atoms with van der Waals surface area (Å²) in [6, 6.07) is 0. The van der Waals surface area contributed by atoms with Gasteiger partial charge in [0.1, 0.15) is 23.7 Å². The Morgan fingerprint density at radius 1 is 1.28 bits per heavy atom. The van der Waals surface area contributed by atoms with E-state index in [0.29, 0.717) is 22.4 Å². The molecule has 2 rings (SSSR count). The van der Waals surface area contributed by atoms with Crippen molar-refractivity contribution in [3.8, 4) is 11.5 Å². The van der Waals surface area contributed by atoms with Gasteiger partial charge in [-0.3, -0.25) is 4.57 Å². The van der Waals surface area contributed by atoms with Crippen molar-refractivity contribution >= 4 is 13.6 Å². The Labute approximate surface area is 171 Å². The maximum absolute atomic E-state index is 13.1. The van der Waals surface area contributed by atoms with Crippen molar-refractivity contribution in [1.29, 1.82) is 0 Å². The van der Waals surface area contributed by atoms with Gasteiger partial charge in [0.2, 0.25) is 0 Å². The zero-order valence-corrected chi connectivity index (χ0v) is 18.6. The van der Waals surface area contributed by atoms with Crippen molar-refractivity contribution < 1.29 is 37.7 Å². The van der Waals surface area contributed by atoms with Crippen LogP contribution in [0.3, 0.4) is 0 Å². The van der Waals surface area contributed by atoms with Gasteiger partial charge in [0, 0.05) is 18.2 Å². The Kier molecular flexibility index (Phi) is 7.88. The monoisotopic (exact) mass is 428 g/mol. The normalized spacial score (nSPS) is 15.2. The van der Waals surface area contributed by atoms with Gasteiger partial charge >= 0.3 is 13.6 Å². The molecule has 1 aliphatic rings. The number of methoxy groups -OCH3 is 2. The Morgan fingerprint density at radius 2 is 1.90 bits per heavy atom. The molecule has 1 aromatic carbocycles. The first-order chi connectivity index (χ1) is 13.7. The second-order valence-electron chi connectivity index (χ2n) is 6.53. The largest absolute Gasteiger partial charge is 0.507 e. The minimum atomic E-state index is -3.53. The van der Waals surface area contributed by atoms with Gasteiger partial charge in [0.05, 0.1) is 20.3 Å². The molecule has 8 nitrogen and oxygen atoms in total. The summed E-state index contributed by atoms with van der Waals surface area (Å²) in [5.41, 5.74) is 2.59. The third kappa shape index (κ3) is 4.51. The van der Waals surface area contributed by atoms with Gasteiger partial charge in [-0.15, -0.1) is 0 Å². The van der Waals surface area contributed by atoms with Crippen molar-refractivity contribution in [2.24, 2.45) is 0 Å². The standard InChI is InChI=1S/C20H29O8P/c1-7-27-29(23,28-8-2)20(25-6)12(3)9-10-14-17(21)16-15(11-26-19(16)22)13(4)18(14)24-5/h9,20-21H,7-8,10-11H2,1-6H3/b12-9+. The average Bonchev–Trinajstić information content (AvgIpc) is 3.06. The Bertz CT molecular complexity index is 836. The highest BCUT2D eigenvalue weighted by atomic mass is 31.2. The van der Waals surface area contributed by atoms with E-state index < -0.39 is 19.4 Å². The summed E-state index contributed by atoms with van der Waals surface area (Å²) in [6.45, 7) is 7.55. The predicted octanol–water partition coefficient (Wildman–Crippen LogP) is 4.11. The second kappa shape index (κ2) is 9.76. The third-order valence-electron chi connectivity index (χ3n) is 4.79. The summed E-state index contributed by atoms with van der Waals surface area (Å²) < 4.78 is 39.8. The molecule has 162 valence electrons. The summed E-state index contributed by atoms with van der Waals surface area (Å²) in [7, 11) is -0.595. The number of fused-ring (bicyclic) bond motifs is 1. The van der Waals surface area contributed by atoms with E-state index in [1.54, 1.807) is 26.8 Å². The van der Waals surface area contributed by atoms with E-state index in [2.05, 4.69) is 0 Å². The van der Waals surface area contributed by atoms with Crippen molar-refractivity contribution in [3.63, 3.8) is 0 Å². The molecule has 9 heteroatoms. The van der Waals surface area contributed by atoms with Gasteiger partial charge in [0.15, 0.2) is 5.85 Å². The molecule has 0 bridgehead atoms. The maximum Gasteiger partial charge on any atom is 0.363 e. The fourth-order valence-electron chi connectivity index (χ4n) is 3.49. The molecule has 29 heavy (non-hydrogen) atoms. The number of hydrogen-bond donors (Lipinski definition) is 1. The number of carbonyl (C=O) groups excluding carboxylic acids is 1. The van der Waals surface area contributed by atoms with Crippen molar-refractivity contribution in [3.05, 3.63) is 33.9 Å². The molecule has 1 heterocycles. The molecule has 0 aromatic heterocycles. The first-order valence-corrected chi connectivity index (χ1v) is 11.0. The topological polar surface area (TPSA) is 101 Å². The molecule has 0 spiro atoms. The number of cyclic esters (lactones) is 1. The van der Waals surface area contributed by atoms with E-state index in [0.717, 1.165) is 5.56 Å². The van der Waals surface area contributed by atoms with E-state index in [1.165, 1.54) is 14.2 Å². The van der Waals surface area contributed by atoms with Crippen molar-refractivity contribution in [2.75, 3.05) is 27.4 Å². The molecule has 0 radical (unpaired) electrons. The Balaban J connectivity index is 2.44. The molecule has 0 aliphatic carbocycles. The van der Waals surface area contributed by atoms with Crippen LogP contribution in [-0.4, -0.2) is 44.4 Å². The molecular weight excluding hydrogens is 399 g/mol. The van der Waals surface area contributed by atoms with E-state index >= 15 is 0 Å². The summed E-state index contributed by atoms with van der Waals surface area (Å²) in [5, 5.41) is 10.7. The predicted molar refractivity (Wildman–Crippen MR) is 108 cm³/mol. The van der Waals surface area contributed by atoms with Crippen LogP contribution in [0.2, 0.25) is 0 Å². The van der Waals surface area contributed by atoms with Gasteiger partial charge in [0.25, 0.3) is 0 Å². The average molecular weight is 428 g/mol. The molecular formula is C20H29O8P. The summed E-state index contributed by atoms with van der Waals surface area (Å²) >= 11 is 0. The van der Waals surface area contributed by atoms with Crippen LogP contribution >= 0.6 is 7.60 Å². The first kappa shape index (κ1) is 23.4. The minimum absolute atomic E-state index is 0.108. The number of esters is 1. The lowest BCUT2D eigenvalue weighted by Gasteiger charge is -2.26. The number of ether oxygens (including phenoxy) is 3. The number of carbonyl (C=O) groups is 1. The third-order valence-corrected chi connectivity index (χ3v) is 7.22. The second-order valence-corrected chi connectivity index (χ2v) is 8.60.